The normalized spacial score (nSPS) is 13.9. The molecule has 0 saturated carbocycles. The number of likely N-dealkylation sites (N-methyl/N-ethyl adjacent to an activating group) is 1. The van der Waals surface area contributed by atoms with Crippen LogP contribution in [0.3, 0.4) is 0 Å². The second-order valence-electron chi connectivity index (χ2n) is 23.6. The average molecular weight is 1100 g/mol. The Hall–Kier alpha value is -2.03. The summed E-state index contributed by atoms with van der Waals surface area (Å²) in [6.07, 6.45) is 70.8. The SMILES string of the molecule is CCCCC/C=C\C/C=C\CCCCCCCCCCCCCCCC(=O)NC(COP(=O)([O-])OCC[N+](C)(C)C)C(/C=C\CCCCCCCCCCC)OC(=O)CCCCCCCCC/C=C/CCCCCCCC. The fraction of sp³-hybridized carbons (Fsp3) is 0.851. The van der Waals surface area contributed by atoms with Gasteiger partial charge in [-0.1, -0.05) is 262 Å². The first-order valence-corrected chi connectivity index (χ1v) is 34.4. The zero-order valence-electron chi connectivity index (χ0n) is 51.7. The third-order valence-corrected chi connectivity index (χ3v) is 15.7. The van der Waals surface area contributed by atoms with Crippen LogP contribution < -0.4 is 10.2 Å². The number of phosphoric ester groups is 1. The molecule has 0 saturated heterocycles. The lowest BCUT2D eigenvalue weighted by Gasteiger charge is -2.30. The van der Waals surface area contributed by atoms with Crippen LogP contribution >= 0.6 is 7.82 Å². The largest absolute Gasteiger partial charge is 0.756 e. The van der Waals surface area contributed by atoms with Crippen LogP contribution in [0.15, 0.2) is 48.6 Å². The molecule has 1 amide bonds. The Morgan fingerprint density at radius 1 is 0.455 bits per heavy atom. The van der Waals surface area contributed by atoms with Gasteiger partial charge in [-0.2, -0.15) is 0 Å². The van der Waals surface area contributed by atoms with Gasteiger partial charge < -0.3 is 28.5 Å². The molecule has 0 aliphatic heterocycles. The molecule has 0 aliphatic carbocycles. The number of amides is 1. The van der Waals surface area contributed by atoms with Gasteiger partial charge in [-0.05, 0) is 89.5 Å². The van der Waals surface area contributed by atoms with E-state index in [1.807, 2.05) is 33.3 Å². The van der Waals surface area contributed by atoms with E-state index in [4.69, 9.17) is 13.8 Å². The summed E-state index contributed by atoms with van der Waals surface area (Å²) in [7, 11) is 1.19. The van der Waals surface area contributed by atoms with E-state index in [1.54, 1.807) is 0 Å². The van der Waals surface area contributed by atoms with E-state index >= 15 is 0 Å². The summed E-state index contributed by atoms with van der Waals surface area (Å²) in [6.45, 7) is 6.84. The van der Waals surface area contributed by atoms with E-state index in [2.05, 4.69) is 62.5 Å². The van der Waals surface area contributed by atoms with Gasteiger partial charge in [-0.25, -0.2) is 0 Å². The highest BCUT2D eigenvalue weighted by Gasteiger charge is 2.27. The standard InChI is InChI=1S/C67H127N2O7P/c1-7-10-13-16-19-22-25-27-29-31-32-33-34-35-36-38-39-41-44-47-50-53-56-59-66(70)68-64(63-75-77(72,73)74-62-61-69(4,5)6)65(58-55-52-49-46-43-24-21-18-15-12-9-3)76-67(71)60-57-54-51-48-45-42-40-37-30-28-26-23-20-17-14-11-8-2/h19,22,27-30,55,58,64-65H,7-18,20-21,23-26,31-54,56-57,59-63H2,1-6H3,(H-,68,70,72,73)/b22-19-,29-27-,30-28+,58-55-. The number of carbonyl (C=O) groups excluding carboxylic acids is 2. The number of rotatable bonds is 60. The Morgan fingerprint density at radius 2 is 0.792 bits per heavy atom. The molecule has 0 aromatic carbocycles. The number of carbonyl (C=O) groups is 2. The zero-order chi connectivity index (χ0) is 56.4. The van der Waals surface area contributed by atoms with Crippen molar-refractivity contribution >= 4 is 19.7 Å². The number of unbranched alkanes of at least 4 members (excludes halogenated alkanes) is 38. The van der Waals surface area contributed by atoms with Gasteiger partial charge in [-0.3, -0.25) is 14.2 Å². The monoisotopic (exact) mass is 1100 g/mol. The number of esters is 1. The zero-order valence-corrected chi connectivity index (χ0v) is 52.6. The van der Waals surface area contributed by atoms with Gasteiger partial charge in [0.05, 0.1) is 33.8 Å². The van der Waals surface area contributed by atoms with Crippen LogP contribution in [-0.2, 0) is 27.9 Å². The van der Waals surface area contributed by atoms with Gasteiger partial charge in [0, 0.05) is 12.8 Å². The molecule has 3 atom stereocenters. The Bertz CT molecular complexity index is 1460. The molecule has 1 N–H and O–H groups in total. The van der Waals surface area contributed by atoms with Crippen molar-refractivity contribution in [3.05, 3.63) is 48.6 Å². The van der Waals surface area contributed by atoms with Gasteiger partial charge in [0.25, 0.3) is 7.82 Å². The topological polar surface area (TPSA) is 114 Å². The summed E-state index contributed by atoms with van der Waals surface area (Å²) in [5, 5.41) is 3.04. The predicted molar refractivity (Wildman–Crippen MR) is 330 cm³/mol. The van der Waals surface area contributed by atoms with E-state index in [0.717, 1.165) is 77.0 Å². The number of nitrogens with one attached hydrogen (secondary N) is 1. The van der Waals surface area contributed by atoms with Crippen molar-refractivity contribution in [2.45, 2.75) is 328 Å². The molecule has 3 unspecified atom stereocenters. The van der Waals surface area contributed by atoms with Crippen molar-refractivity contribution < 1.29 is 37.3 Å². The van der Waals surface area contributed by atoms with Crippen molar-refractivity contribution in [3.63, 3.8) is 0 Å². The molecule has 0 aromatic rings. The minimum absolute atomic E-state index is 0.0222. The maximum absolute atomic E-state index is 13.6. The average Bonchev–Trinajstić information content (AvgIpc) is 3.39. The molecule has 0 aromatic heterocycles. The van der Waals surface area contributed by atoms with Crippen molar-refractivity contribution in [3.8, 4) is 0 Å². The fourth-order valence-corrected chi connectivity index (χ4v) is 10.3. The van der Waals surface area contributed by atoms with E-state index in [9.17, 15) is 19.0 Å². The highest BCUT2D eigenvalue weighted by molar-refractivity contribution is 7.45. The van der Waals surface area contributed by atoms with E-state index < -0.39 is 20.0 Å². The van der Waals surface area contributed by atoms with Crippen molar-refractivity contribution in [2.75, 3.05) is 40.9 Å². The third-order valence-electron chi connectivity index (χ3n) is 14.7. The van der Waals surface area contributed by atoms with E-state index in [1.165, 1.54) is 205 Å². The van der Waals surface area contributed by atoms with Gasteiger partial charge in [0.15, 0.2) is 0 Å². The molecule has 77 heavy (non-hydrogen) atoms. The number of allylic oxidation sites excluding steroid dienone is 7. The summed E-state index contributed by atoms with van der Waals surface area (Å²) in [6, 6.07) is -0.889. The highest BCUT2D eigenvalue weighted by Crippen LogP contribution is 2.38. The first-order valence-electron chi connectivity index (χ1n) is 32.9. The lowest BCUT2D eigenvalue weighted by Crippen LogP contribution is -2.47. The second-order valence-corrected chi connectivity index (χ2v) is 25.0. The second kappa shape index (κ2) is 57.2. The van der Waals surface area contributed by atoms with Crippen LogP contribution in [0.5, 0.6) is 0 Å². The fourth-order valence-electron chi connectivity index (χ4n) is 9.61. The summed E-state index contributed by atoms with van der Waals surface area (Å²) >= 11 is 0. The number of ether oxygens (including phenoxy) is 1. The smallest absolute Gasteiger partial charge is 0.306 e. The van der Waals surface area contributed by atoms with Crippen LogP contribution in [0.25, 0.3) is 0 Å². The number of nitrogens with zero attached hydrogens (tertiary/aromatic N) is 1. The van der Waals surface area contributed by atoms with Crippen LogP contribution in [0.4, 0.5) is 0 Å². The van der Waals surface area contributed by atoms with Crippen LogP contribution in [0, 0.1) is 0 Å². The summed E-state index contributed by atoms with van der Waals surface area (Å²) in [4.78, 5) is 40.0. The molecule has 0 heterocycles. The molecule has 0 fully saturated rings. The number of quaternary nitrogens is 1. The molecule has 0 spiro atoms. The number of phosphoric acid groups is 1. The quantitative estimate of drug-likeness (QED) is 0.0212. The maximum Gasteiger partial charge on any atom is 0.306 e. The third kappa shape index (κ3) is 58.4. The van der Waals surface area contributed by atoms with Gasteiger partial charge in [0.1, 0.15) is 19.3 Å². The molecule has 0 bridgehead atoms. The lowest BCUT2D eigenvalue weighted by molar-refractivity contribution is -0.870. The number of hydrogen-bond acceptors (Lipinski definition) is 7. The molecule has 10 heteroatoms. The summed E-state index contributed by atoms with van der Waals surface area (Å²) in [5.41, 5.74) is 0. The Morgan fingerprint density at radius 3 is 1.21 bits per heavy atom. The number of hydrogen-bond donors (Lipinski definition) is 1. The molecular formula is C67H127N2O7P. The molecule has 0 aliphatic rings. The molecule has 0 rings (SSSR count). The minimum Gasteiger partial charge on any atom is -0.756 e. The lowest BCUT2D eigenvalue weighted by atomic mass is 10.0. The summed E-state index contributed by atoms with van der Waals surface area (Å²) < 4.78 is 30.3. The van der Waals surface area contributed by atoms with Crippen LogP contribution in [-0.4, -0.2) is 69.4 Å². The predicted octanol–water partition coefficient (Wildman–Crippen LogP) is 19.8. The summed E-state index contributed by atoms with van der Waals surface area (Å²) in [5.74, 6) is -0.537. The van der Waals surface area contributed by atoms with Crippen molar-refractivity contribution in [1.82, 2.24) is 5.32 Å². The Balaban J connectivity index is 5.10. The Kier molecular flexibility index (Phi) is 55.7. The Labute approximate surface area is 478 Å². The van der Waals surface area contributed by atoms with Gasteiger partial charge >= 0.3 is 5.97 Å². The van der Waals surface area contributed by atoms with E-state index in [-0.39, 0.29) is 31.5 Å². The van der Waals surface area contributed by atoms with Crippen LogP contribution in [0.1, 0.15) is 316 Å². The maximum atomic E-state index is 13.6. The first-order chi connectivity index (χ1) is 37.4. The van der Waals surface area contributed by atoms with Gasteiger partial charge in [0.2, 0.25) is 5.91 Å². The molecule has 452 valence electrons. The van der Waals surface area contributed by atoms with Crippen molar-refractivity contribution in [1.29, 1.82) is 0 Å². The molecule has 9 nitrogen and oxygen atoms in total. The molecular weight excluding hydrogens is 976 g/mol. The van der Waals surface area contributed by atoms with Crippen LogP contribution in [0.2, 0.25) is 0 Å². The first kappa shape index (κ1) is 75.0. The highest BCUT2D eigenvalue weighted by atomic mass is 31.2. The van der Waals surface area contributed by atoms with Crippen molar-refractivity contribution in [2.24, 2.45) is 0 Å². The van der Waals surface area contributed by atoms with E-state index in [0.29, 0.717) is 17.4 Å². The minimum atomic E-state index is -4.70. The van der Waals surface area contributed by atoms with Gasteiger partial charge in [-0.15, -0.1) is 0 Å². The molecule has 0 radical (unpaired) electrons.